The molecule has 1 N–H and O–H groups in total. The molecule has 0 fully saturated rings. The Hall–Kier alpha value is -4.13. The molecule has 0 atom stereocenters. The van der Waals surface area contributed by atoms with Gasteiger partial charge in [0.2, 0.25) is 0 Å². The molecular formula is C27H27N3O4. The van der Waals surface area contributed by atoms with Crippen molar-refractivity contribution in [1.82, 2.24) is 14.9 Å². The lowest BCUT2D eigenvalue weighted by atomic mass is 10.1. The van der Waals surface area contributed by atoms with Crippen LogP contribution in [0.25, 0.3) is 11.0 Å². The molecule has 0 aliphatic heterocycles. The third-order valence-electron chi connectivity index (χ3n) is 5.73. The van der Waals surface area contributed by atoms with E-state index < -0.39 is 0 Å². The van der Waals surface area contributed by atoms with Crippen molar-refractivity contribution in [3.8, 4) is 11.5 Å². The molecule has 1 amide bonds. The number of ether oxygens (including phenoxy) is 2. The Bertz CT molecular complexity index is 1380. The Morgan fingerprint density at radius 3 is 2.53 bits per heavy atom. The molecule has 0 radical (unpaired) electrons. The minimum Gasteiger partial charge on any atom is -0.497 e. The van der Waals surface area contributed by atoms with Gasteiger partial charge in [-0.15, -0.1) is 0 Å². The number of amides is 1. The molecule has 1 aromatic heterocycles. The van der Waals surface area contributed by atoms with E-state index in [9.17, 15) is 9.59 Å². The molecule has 3 aromatic carbocycles. The van der Waals surface area contributed by atoms with E-state index in [4.69, 9.17) is 9.47 Å². The number of carbonyl (C=O) groups is 1. The van der Waals surface area contributed by atoms with E-state index in [1.165, 1.54) is 0 Å². The van der Waals surface area contributed by atoms with Crippen LogP contribution in [0, 0.1) is 6.92 Å². The lowest BCUT2D eigenvalue weighted by Crippen LogP contribution is -2.27. The van der Waals surface area contributed by atoms with Crippen molar-refractivity contribution < 1.29 is 14.3 Å². The standard InChI is InChI=1S/C27H27N3O4/c1-18-27(32)30(17-19-7-5-4-6-8-19)24-12-10-21(15-23(24)29-18)26(31)28-14-13-20-9-11-22(33-2)16-25(20)34-3/h4-12,15-16H,13-14,17H2,1-3H3,(H,28,31). The highest BCUT2D eigenvalue weighted by Crippen LogP contribution is 2.24. The van der Waals surface area contributed by atoms with Crippen molar-refractivity contribution in [1.29, 1.82) is 0 Å². The summed E-state index contributed by atoms with van der Waals surface area (Å²) in [6, 6.07) is 20.7. The lowest BCUT2D eigenvalue weighted by molar-refractivity contribution is 0.0954. The summed E-state index contributed by atoms with van der Waals surface area (Å²) in [5.74, 6) is 1.24. The number of rotatable bonds is 8. The van der Waals surface area contributed by atoms with Crippen LogP contribution in [0.3, 0.4) is 0 Å². The number of hydrogen-bond acceptors (Lipinski definition) is 5. The van der Waals surface area contributed by atoms with Gasteiger partial charge in [0.1, 0.15) is 17.2 Å². The predicted molar refractivity (Wildman–Crippen MR) is 132 cm³/mol. The van der Waals surface area contributed by atoms with Gasteiger partial charge >= 0.3 is 0 Å². The average molecular weight is 458 g/mol. The van der Waals surface area contributed by atoms with Gasteiger partial charge in [-0.25, -0.2) is 4.98 Å². The number of aryl methyl sites for hydroxylation is 1. The van der Waals surface area contributed by atoms with Gasteiger partial charge in [-0.1, -0.05) is 36.4 Å². The Kier molecular flexibility index (Phi) is 6.92. The zero-order valence-electron chi connectivity index (χ0n) is 19.5. The first-order valence-corrected chi connectivity index (χ1v) is 11.0. The Morgan fingerprint density at radius 1 is 1.00 bits per heavy atom. The summed E-state index contributed by atoms with van der Waals surface area (Å²) < 4.78 is 12.4. The van der Waals surface area contributed by atoms with E-state index in [1.54, 1.807) is 43.9 Å². The SMILES string of the molecule is COc1ccc(CCNC(=O)c2ccc3c(c2)nc(C)c(=O)n3Cc2ccccc2)c(OC)c1. The molecule has 7 nitrogen and oxygen atoms in total. The Morgan fingerprint density at radius 2 is 1.79 bits per heavy atom. The minimum atomic E-state index is -0.199. The molecule has 7 heteroatoms. The van der Waals surface area contributed by atoms with Crippen LogP contribution in [0.5, 0.6) is 11.5 Å². The summed E-state index contributed by atoms with van der Waals surface area (Å²) in [4.78, 5) is 30.0. The van der Waals surface area contributed by atoms with Crippen molar-refractivity contribution in [3.63, 3.8) is 0 Å². The predicted octanol–water partition coefficient (Wildman–Crippen LogP) is 3.74. The molecule has 1 heterocycles. The van der Waals surface area contributed by atoms with Crippen LogP contribution < -0.4 is 20.3 Å². The van der Waals surface area contributed by atoms with Gasteiger partial charge in [0, 0.05) is 18.2 Å². The molecule has 174 valence electrons. The van der Waals surface area contributed by atoms with Gasteiger partial charge in [-0.3, -0.25) is 9.59 Å². The second-order valence-corrected chi connectivity index (χ2v) is 7.96. The number of aromatic nitrogens is 2. The Labute approximate surface area is 198 Å². The first-order chi connectivity index (χ1) is 16.5. The largest absolute Gasteiger partial charge is 0.497 e. The molecule has 4 aromatic rings. The van der Waals surface area contributed by atoms with Crippen LogP contribution in [-0.2, 0) is 13.0 Å². The summed E-state index contributed by atoms with van der Waals surface area (Å²) in [7, 11) is 3.22. The fraction of sp³-hybridized carbons (Fsp3) is 0.222. The number of nitrogens with one attached hydrogen (secondary N) is 1. The topological polar surface area (TPSA) is 82.5 Å². The number of benzene rings is 3. The van der Waals surface area contributed by atoms with Crippen LogP contribution in [0.1, 0.15) is 27.2 Å². The molecule has 0 aliphatic carbocycles. The highest BCUT2D eigenvalue weighted by atomic mass is 16.5. The maximum Gasteiger partial charge on any atom is 0.272 e. The van der Waals surface area contributed by atoms with Gasteiger partial charge in [0.05, 0.1) is 31.8 Å². The fourth-order valence-electron chi connectivity index (χ4n) is 3.91. The van der Waals surface area contributed by atoms with Crippen LogP contribution in [0.2, 0.25) is 0 Å². The normalized spacial score (nSPS) is 10.8. The van der Waals surface area contributed by atoms with Crippen LogP contribution in [-0.4, -0.2) is 36.2 Å². The third-order valence-corrected chi connectivity index (χ3v) is 5.73. The van der Waals surface area contributed by atoms with Gasteiger partial charge in [-0.2, -0.15) is 0 Å². The molecule has 4 rings (SSSR count). The van der Waals surface area contributed by atoms with Gasteiger partial charge in [-0.05, 0) is 48.7 Å². The average Bonchev–Trinajstić information content (AvgIpc) is 2.87. The lowest BCUT2D eigenvalue weighted by Gasteiger charge is -2.13. The van der Waals surface area contributed by atoms with Crippen molar-refractivity contribution in [2.75, 3.05) is 20.8 Å². The van der Waals surface area contributed by atoms with E-state index >= 15 is 0 Å². The minimum absolute atomic E-state index is 0.137. The smallest absolute Gasteiger partial charge is 0.272 e. The van der Waals surface area contributed by atoms with E-state index in [-0.39, 0.29) is 11.5 Å². The van der Waals surface area contributed by atoms with Crippen molar-refractivity contribution in [3.05, 3.63) is 99.5 Å². The van der Waals surface area contributed by atoms with E-state index in [0.29, 0.717) is 47.6 Å². The zero-order chi connectivity index (χ0) is 24.1. The van der Waals surface area contributed by atoms with E-state index in [1.807, 2.05) is 48.5 Å². The van der Waals surface area contributed by atoms with Crippen LogP contribution in [0.4, 0.5) is 0 Å². The number of hydrogen-bond donors (Lipinski definition) is 1. The number of methoxy groups -OCH3 is 2. The second-order valence-electron chi connectivity index (χ2n) is 7.96. The summed E-state index contributed by atoms with van der Waals surface area (Å²) in [6.07, 6.45) is 0.612. The van der Waals surface area contributed by atoms with Gasteiger partial charge in [0.25, 0.3) is 11.5 Å². The summed E-state index contributed by atoms with van der Waals surface area (Å²) in [5, 5.41) is 2.95. The molecule has 0 saturated carbocycles. The Balaban J connectivity index is 1.52. The molecule has 0 aliphatic rings. The quantitative estimate of drug-likeness (QED) is 0.436. The fourth-order valence-corrected chi connectivity index (χ4v) is 3.91. The third kappa shape index (κ3) is 4.93. The molecule has 34 heavy (non-hydrogen) atoms. The molecule has 0 bridgehead atoms. The summed E-state index contributed by atoms with van der Waals surface area (Å²) >= 11 is 0. The number of nitrogens with zero attached hydrogens (tertiary/aromatic N) is 2. The molecular weight excluding hydrogens is 430 g/mol. The maximum atomic E-state index is 12.8. The monoisotopic (exact) mass is 457 g/mol. The van der Waals surface area contributed by atoms with Crippen molar-refractivity contribution >= 4 is 16.9 Å². The first kappa shape index (κ1) is 23.0. The number of fused-ring (bicyclic) bond motifs is 1. The van der Waals surface area contributed by atoms with Crippen molar-refractivity contribution in [2.24, 2.45) is 0 Å². The summed E-state index contributed by atoms with van der Waals surface area (Å²) in [6.45, 7) is 2.58. The maximum absolute atomic E-state index is 12.8. The van der Waals surface area contributed by atoms with E-state index in [0.717, 1.165) is 16.9 Å². The molecule has 0 saturated heterocycles. The van der Waals surface area contributed by atoms with E-state index in [2.05, 4.69) is 10.3 Å². The van der Waals surface area contributed by atoms with Gasteiger partial charge < -0.3 is 19.4 Å². The second kappa shape index (κ2) is 10.2. The van der Waals surface area contributed by atoms with Gasteiger partial charge in [0.15, 0.2) is 0 Å². The first-order valence-electron chi connectivity index (χ1n) is 11.0. The van der Waals surface area contributed by atoms with Crippen LogP contribution >= 0.6 is 0 Å². The van der Waals surface area contributed by atoms with Crippen molar-refractivity contribution in [2.45, 2.75) is 19.9 Å². The zero-order valence-corrected chi connectivity index (χ0v) is 19.5. The summed E-state index contributed by atoms with van der Waals surface area (Å²) in [5.41, 5.74) is 4.05. The van der Waals surface area contributed by atoms with Crippen LogP contribution in [0.15, 0.2) is 71.5 Å². The highest BCUT2D eigenvalue weighted by molar-refractivity contribution is 5.97. The molecule has 0 unspecified atom stereocenters. The molecule has 0 spiro atoms. The number of carbonyl (C=O) groups excluding carboxylic acids is 1. The highest BCUT2D eigenvalue weighted by Gasteiger charge is 2.13.